The van der Waals surface area contributed by atoms with Gasteiger partial charge in [0.15, 0.2) is 0 Å². The van der Waals surface area contributed by atoms with Crippen molar-refractivity contribution in [1.29, 1.82) is 0 Å². The molecular formula is C18H26N4O3. The van der Waals surface area contributed by atoms with Gasteiger partial charge in [0.05, 0.1) is 5.92 Å². The van der Waals surface area contributed by atoms with Gasteiger partial charge in [-0.3, -0.25) is 4.79 Å². The third-order valence-electron chi connectivity index (χ3n) is 5.22. The Morgan fingerprint density at radius 1 is 1.00 bits per heavy atom. The number of aliphatic carboxylic acids is 1. The Morgan fingerprint density at radius 2 is 1.64 bits per heavy atom. The van der Waals surface area contributed by atoms with Gasteiger partial charge < -0.3 is 20.6 Å². The van der Waals surface area contributed by atoms with Gasteiger partial charge in [-0.2, -0.15) is 0 Å². The second kappa shape index (κ2) is 8.18. The third kappa shape index (κ3) is 4.84. The van der Waals surface area contributed by atoms with Crippen molar-refractivity contribution in [2.75, 3.05) is 18.0 Å². The van der Waals surface area contributed by atoms with Gasteiger partial charge >= 0.3 is 12.0 Å². The standard InChI is InChI=1S/C18H26N4O3/c23-17(24)13-4-6-14(7-5-13)20-18(25)21-15-8-11-22(12-9-15)16-3-1-2-10-19-16/h1-3,10,13-15H,4-9,11-12H2,(H,23,24)(H2,20,21,25). The smallest absolute Gasteiger partial charge is 0.315 e. The van der Waals surface area contributed by atoms with E-state index in [1.54, 1.807) is 6.20 Å². The number of urea groups is 1. The van der Waals surface area contributed by atoms with E-state index < -0.39 is 5.97 Å². The van der Waals surface area contributed by atoms with Crippen molar-refractivity contribution in [2.24, 2.45) is 5.92 Å². The molecule has 0 atom stereocenters. The van der Waals surface area contributed by atoms with Gasteiger partial charge in [-0.15, -0.1) is 0 Å². The summed E-state index contributed by atoms with van der Waals surface area (Å²) in [4.78, 5) is 29.8. The fourth-order valence-corrected chi connectivity index (χ4v) is 3.69. The molecular weight excluding hydrogens is 320 g/mol. The highest BCUT2D eigenvalue weighted by molar-refractivity contribution is 5.74. The van der Waals surface area contributed by atoms with Crippen LogP contribution in [0.2, 0.25) is 0 Å². The Hall–Kier alpha value is -2.31. The highest BCUT2D eigenvalue weighted by Crippen LogP contribution is 2.24. The first-order chi connectivity index (χ1) is 12.1. The molecule has 136 valence electrons. The molecule has 2 fully saturated rings. The van der Waals surface area contributed by atoms with E-state index in [1.807, 2.05) is 18.2 Å². The number of anilines is 1. The number of hydrogen-bond acceptors (Lipinski definition) is 4. The van der Waals surface area contributed by atoms with Gasteiger partial charge in [0.2, 0.25) is 0 Å². The van der Waals surface area contributed by atoms with Gasteiger partial charge in [-0.05, 0) is 50.7 Å². The van der Waals surface area contributed by atoms with E-state index in [0.717, 1.165) is 44.6 Å². The van der Waals surface area contributed by atoms with Crippen molar-refractivity contribution in [2.45, 2.75) is 50.6 Å². The number of hydrogen-bond donors (Lipinski definition) is 3. The number of nitrogens with zero attached hydrogens (tertiary/aromatic N) is 2. The van der Waals surface area contributed by atoms with Crippen molar-refractivity contribution >= 4 is 17.8 Å². The minimum atomic E-state index is -0.720. The monoisotopic (exact) mass is 346 g/mol. The molecule has 2 amide bonds. The van der Waals surface area contributed by atoms with Gasteiger partial charge in [-0.1, -0.05) is 6.07 Å². The van der Waals surface area contributed by atoms with Gasteiger partial charge in [0.1, 0.15) is 5.82 Å². The Kier molecular flexibility index (Phi) is 5.73. The van der Waals surface area contributed by atoms with E-state index in [0.29, 0.717) is 12.8 Å². The lowest BCUT2D eigenvalue weighted by molar-refractivity contribution is -0.142. The van der Waals surface area contributed by atoms with Crippen molar-refractivity contribution in [3.63, 3.8) is 0 Å². The molecule has 7 nitrogen and oxygen atoms in total. The molecule has 2 heterocycles. The van der Waals surface area contributed by atoms with E-state index in [-0.39, 0.29) is 24.0 Å². The molecule has 3 N–H and O–H groups in total. The van der Waals surface area contributed by atoms with Crippen LogP contribution in [-0.2, 0) is 4.79 Å². The zero-order valence-electron chi connectivity index (χ0n) is 14.4. The largest absolute Gasteiger partial charge is 0.481 e. The lowest BCUT2D eigenvalue weighted by Crippen LogP contribution is -2.50. The van der Waals surface area contributed by atoms with Crippen LogP contribution in [0.15, 0.2) is 24.4 Å². The summed E-state index contributed by atoms with van der Waals surface area (Å²) in [6.45, 7) is 1.76. The van der Waals surface area contributed by atoms with E-state index in [4.69, 9.17) is 5.11 Å². The second-order valence-corrected chi connectivity index (χ2v) is 6.95. The molecule has 0 aromatic carbocycles. The number of piperidine rings is 1. The first kappa shape index (κ1) is 17.5. The molecule has 0 spiro atoms. The first-order valence-corrected chi connectivity index (χ1v) is 9.07. The van der Waals surface area contributed by atoms with Crippen LogP contribution in [0.3, 0.4) is 0 Å². The molecule has 1 saturated heterocycles. The minimum Gasteiger partial charge on any atom is -0.481 e. The van der Waals surface area contributed by atoms with Crippen LogP contribution in [0.25, 0.3) is 0 Å². The normalized spacial score (nSPS) is 24.6. The molecule has 3 rings (SSSR count). The molecule has 1 aliphatic carbocycles. The average molecular weight is 346 g/mol. The summed E-state index contributed by atoms with van der Waals surface area (Å²) in [6, 6.07) is 6.04. The molecule has 0 radical (unpaired) electrons. The summed E-state index contributed by atoms with van der Waals surface area (Å²) < 4.78 is 0. The van der Waals surface area contributed by atoms with E-state index >= 15 is 0 Å². The lowest BCUT2D eigenvalue weighted by Gasteiger charge is -2.34. The lowest BCUT2D eigenvalue weighted by atomic mass is 9.86. The number of amides is 2. The summed E-state index contributed by atoms with van der Waals surface area (Å²) in [5, 5.41) is 15.1. The predicted octanol–water partition coefficient (Wildman–Crippen LogP) is 1.99. The maximum Gasteiger partial charge on any atom is 0.315 e. The Balaban J connectivity index is 1.38. The topological polar surface area (TPSA) is 94.6 Å². The van der Waals surface area contributed by atoms with E-state index in [9.17, 15) is 9.59 Å². The van der Waals surface area contributed by atoms with Crippen molar-refractivity contribution in [1.82, 2.24) is 15.6 Å². The highest BCUT2D eigenvalue weighted by atomic mass is 16.4. The second-order valence-electron chi connectivity index (χ2n) is 6.95. The summed E-state index contributed by atoms with van der Waals surface area (Å²) >= 11 is 0. The molecule has 0 bridgehead atoms. The summed E-state index contributed by atoms with van der Waals surface area (Å²) in [7, 11) is 0. The molecule has 7 heteroatoms. The fourth-order valence-electron chi connectivity index (χ4n) is 3.69. The molecule has 1 aromatic rings. The molecule has 1 saturated carbocycles. The number of carbonyl (C=O) groups excluding carboxylic acids is 1. The molecule has 1 aromatic heterocycles. The average Bonchev–Trinajstić information content (AvgIpc) is 2.63. The zero-order chi connectivity index (χ0) is 17.6. The van der Waals surface area contributed by atoms with E-state index in [2.05, 4.69) is 20.5 Å². The SMILES string of the molecule is O=C(NC1CCC(C(=O)O)CC1)NC1CCN(c2ccccn2)CC1. The Morgan fingerprint density at radius 3 is 2.20 bits per heavy atom. The van der Waals surface area contributed by atoms with Crippen molar-refractivity contribution in [3.05, 3.63) is 24.4 Å². The minimum absolute atomic E-state index is 0.0872. The number of rotatable bonds is 4. The molecule has 2 aliphatic rings. The van der Waals surface area contributed by atoms with Crippen LogP contribution in [0.1, 0.15) is 38.5 Å². The quantitative estimate of drug-likeness (QED) is 0.775. The third-order valence-corrected chi connectivity index (χ3v) is 5.22. The number of aromatic nitrogens is 1. The number of nitrogens with one attached hydrogen (secondary N) is 2. The Labute approximate surface area is 147 Å². The van der Waals surface area contributed by atoms with Gasteiger partial charge in [0.25, 0.3) is 0 Å². The highest BCUT2D eigenvalue weighted by Gasteiger charge is 2.27. The van der Waals surface area contributed by atoms with Gasteiger partial charge in [0, 0.05) is 31.4 Å². The first-order valence-electron chi connectivity index (χ1n) is 9.07. The number of carboxylic acids is 1. The molecule has 1 aliphatic heterocycles. The maximum atomic E-state index is 12.2. The van der Waals surface area contributed by atoms with Crippen molar-refractivity contribution < 1.29 is 14.7 Å². The summed E-state index contributed by atoms with van der Waals surface area (Å²) in [5.41, 5.74) is 0. The van der Waals surface area contributed by atoms with Crippen molar-refractivity contribution in [3.8, 4) is 0 Å². The zero-order valence-corrected chi connectivity index (χ0v) is 14.4. The number of carboxylic acid groups (broad SMARTS) is 1. The summed E-state index contributed by atoms with van der Waals surface area (Å²) in [5.74, 6) is 0.0141. The number of carbonyl (C=O) groups is 2. The molecule has 0 unspecified atom stereocenters. The Bertz CT molecular complexity index is 579. The van der Waals surface area contributed by atoms with Crippen LogP contribution >= 0.6 is 0 Å². The molecule has 25 heavy (non-hydrogen) atoms. The maximum absolute atomic E-state index is 12.2. The van der Waals surface area contributed by atoms with Crippen LogP contribution in [0.4, 0.5) is 10.6 Å². The van der Waals surface area contributed by atoms with Crippen LogP contribution in [-0.4, -0.2) is 47.3 Å². The fraction of sp³-hybridized carbons (Fsp3) is 0.611. The number of pyridine rings is 1. The van der Waals surface area contributed by atoms with Crippen LogP contribution in [0, 0.1) is 5.92 Å². The van der Waals surface area contributed by atoms with E-state index in [1.165, 1.54) is 0 Å². The van der Waals surface area contributed by atoms with Gasteiger partial charge in [-0.25, -0.2) is 9.78 Å². The summed E-state index contributed by atoms with van der Waals surface area (Å²) in [6.07, 6.45) is 6.36. The van der Waals surface area contributed by atoms with Crippen LogP contribution < -0.4 is 15.5 Å². The van der Waals surface area contributed by atoms with Crippen LogP contribution in [0.5, 0.6) is 0 Å². The predicted molar refractivity (Wildman–Crippen MR) is 94.5 cm³/mol.